The van der Waals surface area contributed by atoms with Crippen LogP contribution in [0.15, 0.2) is 24.3 Å². The number of aliphatic carboxylic acids is 1. The number of benzene rings is 1. The minimum atomic E-state index is -0.859. The van der Waals surface area contributed by atoms with Gasteiger partial charge in [0.15, 0.2) is 0 Å². The Bertz CT molecular complexity index is 430. The van der Waals surface area contributed by atoms with Crippen molar-refractivity contribution in [2.24, 2.45) is 0 Å². The van der Waals surface area contributed by atoms with Crippen LogP contribution in [0.1, 0.15) is 18.4 Å². The van der Waals surface area contributed by atoms with Gasteiger partial charge in [0.25, 0.3) is 0 Å². The molecule has 1 aliphatic rings. The molecule has 18 heavy (non-hydrogen) atoms. The van der Waals surface area contributed by atoms with Gasteiger partial charge in [-0.3, -0.25) is 0 Å². The molecule has 0 spiro atoms. The number of likely N-dealkylation sites (tertiary alicyclic amines) is 1. The van der Waals surface area contributed by atoms with Crippen molar-refractivity contribution in [3.63, 3.8) is 0 Å². The summed E-state index contributed by atoms with van der Waals surface area (Å²) in [6, 6.07) is 7.86. The van der Waals surface area contributed by atoms with Crippen molar-refractivity contribution in [1.82, 2.24) is 4.90 Å². The number of hydrogen-bond donors (Lipinski definition) is 2. The lowest BCUT2D eigenvalue weighted by atomic mass is 9.89. The molecule has 0 aromatic heterocycles. The molecule has 0 amide bonds. The van der Waals surface area contributed by atoms with E-state index in [4.69, 9.17) is 0 Å². The van der Waals surface area contributed by atoms with Gasteiger partial charge in [-0.2, -0.15) is 0 Å². The van der Waals surface area contributed by atoms with Gasteiger partial charge in [-0.1, -0.05) is 17.7 Å². The Labute approximate surface area is 108 Å². The van der Waals surface area contributed by atoms with Crippen molar-refractivity contribution in [2.75, 3.05) is 25.5 Å². The number of carbonyl (C=O) groups is 1. The number of nitrogens with zero attached hydrogens (tertiary/aromatic N) is 1. The molecule has 1 aliphatic heterocycles. The van der Waals surface area contributed by atoms with Crippen LogP contribution in [0.4, 0.5) is 5.69 Å². The van der Waals surface area contributed by atoms with Crippen molar-refractivity contribution in [3.8, 4) is 0 Å². The minimum absolute atomic E-state index is 0.538. The lowest BCUT2D eigenvalue weighted by Gasteiger charge is -2.39. The third-order valence-corrected chi connectivity index (χ3v) is 3.53. The summed E-state index contributed by atoms with van der Waals surface area (Å²) in [6.45, 7) is 3.52. The predicted molar refractivity (Wildman–Crippen MR) is 71.9 cm³/mol. The molecule has 1 aromatic rings. The number of piperidine rings is 1. The van der Waals surface area contributed by atoms with Crippen LogP contribution in [-0.2, 0) is 4.79 Å². The standard InChI is InChI=1S/C14H20N2O2/c1-11-4-6-12(7-5-11)15-14(13(17)18)8-3-9-16(2)10-14/h4-7,15H,3,8-10H2,1-2H3,(H,17,18). The molecule has 0 radical (unpaired) electrons. The summed E-state index contributed by atoms with van der Waals surface area (Å²) in [6.07, 6.45) is 1.57. The van der Waals surface area contributed by atoms with Crippen LogP contribution >= 0.6 is 0 Å². The van der Waals surface area contributed by atoms with E-state index < -0.39 is 11.5 Å². The lowest BCUT2D eigenvalue weighted by molar-refractivity contribution is -0.144. The highest BCUT2D eigenvalue weighted by molar-refractivity contribution is 5.83. The summed E-state index contributed by atoms with van der Waals surface area (Å²) >= 11 is 0. The normalized spacial score (nSPS) is 24.8. The molecule has 1 atom stereocenters. The smallest absolute Gasteiger partial charge is 0.330 e. The zero-order valence-electron chi connectivity index (χ0n) is 10.9. The SMILES string of the molecule is Cc1ccc(NC2(C(=O)O)CCCN(C)C2)cc1. The molecule has 0 saturated carbocycles. The van der Waals surface area contributed by atoms with E-state index in [1.54, 1.807) is 0 Å². The van der Waals surface area contributed by atoms with Gasteiger partial charge in [-0.25, -0.2) is 4.79 Å². The first-order chi connectivity index (χ1) is 8.52. The van der Waals surface area contributed by atoms with Gasteiger partial charge in [-0.15, -0.1) is 0 Å². The first-order valence-electron chi connectivity index (χ1n) is 6.29. The summed E-state index contributed by atoms with van der Waals surface area (Å²) in [7, 11) is 1.97. The Morgan fingerprint density at radius 3 is 2.61 bits per heavy atom. The Hall–Kier alpha value is -1.55. The first-order valence-corrected chi connectivity index (χ1v) is 6.29. The van der Waals surface area contributed by atoms with Crippen molar-refractivity contribution in [3.05, 3.63) is 29.8 Å². The van der Waals surface area contributed by atoms with Gasteiger partial charge in [0.1, 0.15) is 5.54 Å². The fraction of sp³-hybridized carbons (Fsp3) is 0.500. The Morgan fingerprint density at radius 1 is 1.39 bits per heavy atom. The monoisotopic (exact) mass is 248 g/mol. The molecule has 1 unspecified atom stereocenters. The maximum atomic E-state index is 11.6. The van der Waals surface area contributed by atoms with Crippen LogP contribution in [0, 0.1) is 6.92 Å². The number of likely N-dealkylation sites (N-methyl/N-ethyl adjacent to an activating group) is 1. The van der Waals surface area contributed by atoms with E-state index in [9.17, 15) is 9.90 Å². The van der Waals surface area contributed by atoms with Gasteiger partial charge in [0.05, 0.1) is 0 Å². The maximum Gasteiger partial charge on any atom is 0.330 e. The van der Waals surface area contributed by atoms with Gasteiger partial charge in [0.2, 0.25) is 0 Å². The minimum Gasteiger partial charge on any atom is -0.479 e. The Morgan fingerprint density at radius 2 is 2.06 bits per heavy atom. The average molecular weight is 248 g/mol. The van der Waals surface area contributed by atoms with Crippen molar-refractivity contribution in [2.45, 2.75) is 25.3 Å². The van der Waals surface area contributed by atoms with Gasteiger partial charge >= 0.3 is 5.97 Å². The highest BCUT2D eigenvalue weighted by Crippen LogP contribution is 2.26. The number of nitrogens with one attached hydrogen (secondary N) is 1. The van der Waals surface area contributed by atoms with Gasteiger partial charge in [-0.05, 0) is 45.5 Å². The fourth-order valence-corrected chi connectivity index (χ4v) is 2.51. The molecule has 1 fully saturated rings. The topological polar surface area (TPSA) is 52.6 Å². The van der Waals surface area contributed by atoms with Crippen LogP contribution in [0.25, 0.3) is 0 Å². The van der Waals surface area contributed by atoms with E-state index in [-0.39, 0.29) is 0 Å². The summed E-state index contributed by atoms with van der Waals surface area (Å²) in [5, 5.41) is 12.7. The number of rotatable bonds is 3. The number of carboxylic acids is 1. The van der Waals surface area contributed by atoms with E-state index in [1.165, 1.54) is 5.56 Å². The molecular weight excluding hydrogens is 228 g/mol. The Kier molecular flexibility index (Phi) is 3.57. The average Bonchev–Trinajstić information content (AvgIpc) is 2.32. The zero-order valence-corrected chi connectivity index (χ0v) is 10.9. The molecule has 4 nitrogen and oxygen atoms in total. The largest absolute Gasteiger partial charge is 0.479 e. The molecule has 1 aromatic carbocycles. The van der Waals surface area contributed by atoms with E-state index in [0.717, 1.165) is 18.7 Å². The van der Waals surface area contributed by atoms with Gasteiger partial charge < -0.3 is 15.3 Å². The molecule has 1 saturated heterocycles. The highest BCUT2D eigenvalue weighted by Gasteiger charge is 2.41. The van der Waals surface area contributed by atoms with Crippen LogP contribution in [0.3, 0.4) is 0 Å². The fourth-order valence-electron chi connectivity index (χ4n) is 2.51. The van der Waals surface area contributed by atoms with E-state index >= 15 is 0 Å². The zero-order chi connectivity index (χ0) is 13.2. The lowest BCUT2D eigenvalue weighted by Crippen LogP contribution is -2.57. The highest BCUT2D eigenvalue weighted by atomic mass is 16.4. The molecule has 0 bridgehead atoms. The van der Waals surface area contributed by atoms with Crippen LogP contribution < -0.4 is 5.32 Å². The third-order valence-electron chi connectivity index (χ3n) is 3.53. The second kappa shape index (κ2) is 4.98. The summed E-state index contributed by atoms with van der Waals surface area (Å²) in [4.78, 5) is 13.7. The Balaban J connectivity index is 2.20. The van der Waals surface area contributed by atoms with E-state index in [1.807, 2.05) is 38.2 Å². The predicted octanol–water partition coefficient (Wildman–Crippen LogP) is 1.96. The van der Waals surface area contributed by atoms with E-state index in [0.29, 0.717) is 13.0 Å². The van der Waals surface area contributed by atoms with E-state index in [2.05, 4.69) is 10.2 Å². The molecule has 98 valence electrons. The summed E-state index contributed by atoms with van der Waals surface area (Å²) < 4.78 is 0. The number of aryl methyl sites for hydroxylation is 1. The summed E-state index contributed by atoms with van der Waals surface area (Å²) in [5.41, 5.74) is 1.19. The van der Waals surface area contributed by atoms with Crippen LogP contribution in [0.2, 0.25) is 0 Å². The quantitative estimate of drug-likeness (QED) is 0.858. The molecule has 4 heteroatoms. The van der Waals surface area contributed by atoms with Crippen molar-refractivity contribution in [1.29, 1.82) is 0 Å². The molecular formula is C14H20N2O2. The molecule has 2 rings (SSSR count). The molecule has 2 N–H and O–H groups in total. The second-order valence-corrected chi connectivity index (χ2v) is 5.22. The third kappa shape index (κ3) is 2.64. The summed E-state index contributed by atoms with van der Waals surface area (Å²) in [5.74, 6) is -0.769. The van der Waals surface area contributed by atoms with Crippen molar-refractivity contribution >= 4 is 11.7 Å². The number of carboxylic acid groups (broad SMARTS) is 1. The maximum absolute atomic E-state index is 11.6. The first kappa shape index (κ1) is 12.9. The van der Waals surface area contributed by atoms with Gasteiger partial charge in [0, 0.05) is 12.2 Å². The van der Waals surface area contributed by atoms with Crippen LogP contribution in [-0.4, -0.2) is 41.7 Å². The number of anilines is 1. The molecule has 0 aliphatic carbocycles. The van der Waals surface area contributed by atoms with Crippen molar-refractivity contribution < 1.29 is 9.90 Å². The van der Waals surface area contributed by atoms with Crippen LogP contribution in [0.5, 0.6) is 0 Å². The number of hydrogen-bond acceptors (Lipinski definition) is 3. The molecule has 1 heterocycles. The second-order valence-electron chi connectivity index (χ2n) is 5.22.